The minimum Gasteiger partial charge on any atom is -0.207 e. The van der Waals surface area contributed by atoms with Crippen LogP contribution in [0.15, 0.2) is 47.4 Å². The molecule has 122 valence electrons. The van der Waals surface area contributed by atoms with Crippen LogP contribution in [0.4, 0.5) is 0 Å². The zero-order valence-corrected chi connectivity index (χ0v) is 14.7. The Morgan fingerprint density at radius 1 is 0.957 bits per heavy atom. The van der Waals surface area contributed by atoms with Gasteiger partial charge >= 0.3 is 0 Å². The second-order valence-corrected chi connectivity index (χ2v) is 8.31. The molecule has 3 rings (SSSR count). The van der Waals surface area contributed by atoms with Gasteiger partial charge in [0.05, 0.1) is 10.9 Å². The van der Waals surface area contributed by atoms with Crippen LogP contribution in [0.1, 0.15) is 41.1 Å². The smallest absolute Gasteiger partial charge is 0.207 e. The van der Waals surface area contributed by atoms with E-state index >= 15 is 0 Å². The summed E-state index contributed by atoms with van der Waals surface area (Å²) in [5, 5.41) is 0. The molecule has 4 heteroatoms. The van der Waals surface area contributed by atoms with Crippen LogP contribution >= 0.6 is 0 Å². The first kappa shape index (κ1) is 16.2. The highest BCUT2D eigenvalue weighted by atomic mass is 32.2. The van der Waals surface area contributed by atoms with E-state index in [-0.39, 0.29) is 6.04 Å². The summed E-state index contributed by atoms with van der Waals surface area (Å²) < 4.78 is 28.0. The van der Waals surface area contributed by atoms with Gasteiger partial charge < -0.3 is 0 Å². The maximum atomic E-state index is 13.2. The molecule has 1 saturated heterocycles. The van der Waals surface area contributed by atoms with E-state index in [9.17, 15) is 8.42 Å². The molecule has 0 amide bonds. The molecule has 2 aromatic rings. The number of sulfonamides is 1. The highest BCUT2D eigenvalue weighted by Gasteiger charge is 2.36. The molecule has 0 unspecified atom stereocenters. The third-order valence-electron chi connectivity index (χ3n) is 4.60. The molecule has 0 N–H and O–H groups in total. The van der Waals surface area contributed by atoms with Gasteiger partial charge in [-0.1, -0.05) is 42.0 Å². The zero-order valence-electron chi connectivity index (χ0n) is 13.9. The molecule has 3 nitrogen and oxygen atoms in total. The molecule has 0 bridgehead atoms. The summed E-state index contributed by atoms with van der Waals surface area (Å²) in [7, 11) is -3.47. The van der Waals surface area contributed by atoms with Gasteiger partial charge in [-0.2, -0.15) is 4.31 Å². The molecule has 1 heterocycles. The lowest BCUT2D eigenvalue weighted by molar-refractivity contribution is 0.396. The van der Waals surface area contributed by atoms with E-state index in [1.54, 1.807) is 10.4 Å². The van der Waals surface area contributed by atoms with Crippen LogP contribution in [0.25, 0.3) is 0 Å². The monoisotopic (exact) mass is 329 g/mol. The lowest BCUT2D eigenvalue weighted by Gasteiger charge is -2.25. The molecule has 0 aliphatic carbocycles. The molecule has 0 spiro atoms. The van der Waals surface area contributed by atoms with E-state index in [0.29, 0.717) is 11.4 Å². The van der Waals surface area contributed by atoms with Crippen molar-refractivity contribution < 1.29 is 8.42 Å². The highest BCUT2D eigenvalue weighted by Crippen LogP contribution is 2.37. The minimum atomic E-state index is -3.47. The van der Waals surface area contributed by atoms with Crippen LogP contribution in [0, 0.1) is 20.8 Å². The second-order valence-electron chi connectivity index (χ2n) is 6.45. The van der Waals surface area contributed by atoms with Gasteiger partial charge in [0.25, 0.3) is 0 Å². The van der Waals surface area contributed by atoms with Gasteiger partial charge in [-0.25, -0.2) is 8.42 Å². The van der Waals surface area contributed by atoms with E-state index in [2.05, 4.69) is 24.3 Å². The van der Waals surface area contributed by atoms with Crippen LogP contribution in [0.2, 0.25) is 0 Å². The van der Waals surface area contributed by atoms with Crippen LogP contribution < -0.4 is 0 Å². The SMILES string of the molecule is Cc1ccc([C@@H]2CCCN2S(=O)(=O)c2cc(C)ccc2C)cc1. The third kappa shape index (κ3) is 3.06. The number of rotatable bonds is 3. The number of benzene rings is 2. The fourth-order valence-corrected chi connectivity index (χ4v) is 5.26. The Hall–Kier alpha value is -1.65. The van der Waals surface area contributed by atoms with Crippen molar-refractivity contribution in [1.29, 1.82) is 0 Å². The first-order valence-electron chi connectivity index (χ1n) is 8.05. The number of aryl methyl sites for hydroxylation is 3. The van der Waals surface area contributed by atoms with Crippen molar-refractivity contribution in [2.75, 3.05) is 6.54 Å². The third-order valence-corrected chi connectivity index (χ3v) is 6.65. The normalized spacial score (nSPS) is 19.2. The highest BCUT2D eigenvalue weighted by molar-refractivity contribution is 7.89. The largest absolute Gasteiger partial charge is 0.243 e. The topological polar surface area (TPSA) is 37.4 Å². The van der Waals surface area contributed by atoms with Gasteiger partial charge in [-0.05, 0) is 56.4 Å². The Kier molecular flexibility index (Phi) is 4.30. The van der Waals surface area contributed by atoms with Crippen LogP contribution in [-0.4, -0.2) is 19.3 Å². The molecule has 0 aromatic heterocycles. The second kappa shape index (κ2) is 6.10. The van der Waals surface area contributed by atoms with E-state index in [4.69, 9.17) is 0 Å². The van der Waals surface area contributed by atoms with Crippen molar-refractivity contribution in [3.8, 4) is 0 Å². The first-order valence-corrected chi connectivity index (χ1v) is 9.49. The predicted octanol–water partition coefficient (Wildman–Crippen LogP) is 4.14. The number of nitrogens with zero attached hydrogens (tertiary/aromatic N) is 1. The summed E-state index contributed by atoms with van der Waals surface area (Å²) in [6, 6.07) is 13.8. The molecular weight excluding hydrogens is 306 g/mol. The van der Waals surface area contributed by atoms with Crippen molar-refractivity contribution in [3.05, 3.63) is 64.7 Å². The molecule has 2 aromatic carbocycles. The van der Waals surface area contributed by atoms with Gasteiger partial charge in [0, 0.05) is 6.54 Å². The fourth-order valence-electron chi connectivity index (χ4n) is 3.26. The Bertz CT molecular complexity index is 810. The molecule has 0 radical (unpaired) electrons. The Morgan fingerprint density at radius 3 is 2.30 bits per heavy atom. The summed E-state index contributed by atoms with van der Waals surface area (Å²) in [6.45, 7) is 6.43. The Labute approximate surface area is 139 Å². The molecule has 23 heavy (non-hydrogen) atoms. The maximum absolute atomic E-state index is 13.2. The minimum absolute atomic E-state index is 0.0551. The van der Waals surface area contributed by atoms with Gasteiger partial charge in [0.1, 0.15) is 0 Å². The summed E-state index contributed by atoms with van der Waals surface area (Å²) >= 11 is 0. The van der Waals surface area contributed by atoms with E-state index in [1.807, 2.05) is 32.9 Å². The van der Waals surface area contributed by atoms with Crippen molar-refractivity contribution in [2.45, 2.75) is 44.6 Å². The van der Waals surface area contributed by atoms with Crippen molar-refractivity contribution >= 4 is 10.0 Å². The molecule has 1 aliphatic heterocycles. The van der Waals surface area contributed by atoms with Crippen molar-refractivity contribution in [2.24, 2.45) is 0 Å². The first-order chi connectivity index (χ1) is 10.9. The van der Waals surface area contributed by atoms with Crippen LogP contribution in [0.5, 0.6) is 0 Å². The quantitative estimate of drug-likeness (QED) is 0.849. The maximum Gasteiger partial charge on any atom is 0.243 e. The van der Waals surface area contributed by atoms with Gasteiger partial charge in [0.2, 0.25) is 10.0 Å². The van der Waals surface area contributed by atoms with Crippen molar-refractivity contribution in [1.82, 2.24) is 4.31 Å². The van der Waals surface area contributed by atoms with E-state index in [0.717, 1.165) is 29.5 Å². The fraction of sp³-hybridized carbons (Fsp3) is 0.368. The summed E-state index contributed by atoms with van der Waals surface area (Å²) in [4.78, 5) is 0.441. The summed E-state index contributed by atoms with van der Waals surface area (Å²) in [5.74, 6) is 0. The standard InChI is InChI=1S/C19H23NO2S/c1-14-7-10-17(11-8-14)18-5-4-12-20(18)23(21,22)19-13-15(2)6-9-16(19)3/h6-11,13,18H,4-5,12H2,1-3H3/t18-/m0/s1. The van der Waals surface area contributed by atoms with Crippen LogP contribution in [0.3, 0.4) is 0 Å². The molecule has 1 aliphatic rings. The number of hydrogen-bond donors (Lipinski definition) is 0. The molecular formula is C19H23NO2S. The van der Waals surface area contributed by atoms with Gasteiger partial charge in [0.15, 0.2) is 0 Å². The Balaban J connectivity index is 2.01. The lowest BCUT2D eigenvalue weighted by Crippen LogP contribution is -2.31. The van der Waals surface area contributed by atoms with E-state index in [1.165, 1.54) is 5.56 Å². The summed E-state index contributed by atoms with van der Waals surface area (Å²) in [6.07, 6.45) is 1.79. The van der Waals surface area contributed by atoms with Crippen LogP contribution in [-0.2, 0) is 10.0 Å². The zero-order chi connectivity index (χ0) is 16.6. The molecule has 1 fully saturated rings. The molecule has 0 saturated carbocycles. The molecule has 1 atom stereocenters. The Morgan fingerprint density at radius 2 is 1.61 bits per heavy atom. The lowest BCUT2D eigenvalue weighted by atomic mass is 10.0. The van der Waals surface area contributed by atoms with Gasteiger partial charge in [-0.15, -0.1) is 0 Å². The van der Waals surface area contributed by atoms with E-state index < -0.39 is 10.0 Å². The summed E-state index contributed by atoms with van der Waals surface area (Å²) in [5.41, 5.74) is 4.06. The van der Waals surface area contributed by atoms with Crippen molar-refractivity contribution in [3.63, 3.8) is 0 Å². The van der Waals surface area contributed by atoms with Gasteiger partial charge in [-0.3, -0.25) is 0 Å². The number of hydrogen-bond acceptors (Lipinski definition) is 2. The average molecular weight is 329 g/mol. The predicted molar refractivity (Wildman–Crippen MR) is 93.0 cm³/mol. The average Bonchev–Trinajstić information content (AvgIpc) is 3.00.